The molecule has 1 heterocycles. The van der Waals surface area contributed by atoms with Gasteiger partial charge in [0.2, 0.25) is 0 Å². The van der Waals surface area contributed by atoms with E-state index in [2.05, 4.69) is 32.2 Å². The molecule has 0 aromatic heterocycles. The molecule has 0 radical (unpaired) electrons. The molecule has 0 amide bonds. The van der Waals surface area contributed by atoms with E-state index in [0.29, 0.717) is 6.42 Å². The van der Waals surface area contributed by atoms with Crippen LogP contribution in [0.5, 0.6) is 0 Å². The van der Waals surface area contributed by atoms with Gasteiger partial charge in [-0.25, -0.2) is 0 Å². The van der Waals surface area contributed by atoms with Crippen LogP contribution in [0, 0.1) is 11.3 Å². The first-order chi connectivity index (χ1) is 8.83. The summed E-state index contributed by atoms with van der Waals surface area (Å²) in [4.78, 5) is 11.2. The summed E-state index contributed by atoms with van der Waals surface area (Å²) < 4.78 is 0. The minimum Gasteiger partial charge on any atom is -0.480 e. The number of carbonyl (C=O) groups is 1. The molecule has 1 saturated heterocycles. The zero-order valence-corrected chi connectivity index (χ0v) is 12.5. The van der Waals surface area contributed by atoms with E-state index in [9.17, 15) is 9.90 Å². The number of nitrogens with one attached hydrogen (secondary N) is 1. The highest BCUT2D eigenvalue weighted by Crippen LogP contribution is 2.34. The second-order valence-electron chi connectivity index (χ2n) is 6.27. The third kappa shape index (κ3) is 3.80. The molecule has 4 atom stereocenters. The minimum absolute atomic E-state index is 0.0135. The summed E-state index contributed by atoms with van der Waals surface area (Å²) >= 11 is 0. The van der Waals surface area contributed by atoms with Crippen LogP contribution < -0.4 is 11.1 Å². The fourth-order valence-corrected chi connectivity index (χ4v) is 3.13. The maximum Gasteiger partial charge on any atom is 0.320 e. The van der Waals surface area contributed by atoms with Gasteiger partial charge in [0, 0.05) is 12.1 Å². The Morgan fingerprint density at radius 1 is 1.58 bits per heavy atom. The lowest BCUT2D eigenvalue weighted by Gasteiger charge is -2.37. The van der Waals surface area contributed by atoms with Gasteiger partial charge in [-0.05, 0) is 31.1 Å². The van der Waals surface area contributed by atoms with Crippen LogP contribution in [-0.2, 0) is 4.79 Å². The highest BCUT2D eigenvalue weighted by Gasteiger charge is 2.43. The maximum absolute atomic E-state index is 11.2. The van der Waals surface area contributed by atoms with Crippen LogP contribution >= 0.6 is 0 Å². The third-order valence-corrected chi connectivity index (χ3v) is 4.28. The largest absolute Gasteiger partial charge is 0.480 e. The van der Waals surface area contributed by atoms with Crippen molar-refractivity contribution in [1.29, 1.82) is 0 Å². The lowest BCUT2D eigenvalue weighted by Crippen LogP contribution is -2.54. The Bertz CT molecular complexity index is 339. The van der Waals surface area contributed by atoms with Gasteiger partial charge in [-0.2, -0.15) is 0 Å². The monoisotopic (exact) mass is 268 g/mol. The number of aliphatic carboxylic acids is 1. The number of allylic oxidation sites excluding steroid dienone is 1. The Kier molecular flexibility index (Phi) is 5.56. The predicted molar refractivity (Wildman–Crippen MR) is 77.9 cm³/mol. The van der Waals surface area contributed by atoms with Crippen molar-refractivity contribution in [2.24, 2.45) is 17.1 Å². The van der Waals surface area contributed by atoms with Gasteiger partial charge in [0.15, 0.2) is 0 Å². The van der Waals surface area contributed by atoms with E-state index in [1.165, 1.54) is 0 Å². The van der Waals surface area contributed by atoms with E-state index in [1.54, 1.807) is 0 Å². The van der Waals surface area contributed by atoms with Gasteiger partial charge in [0.1, 0.15) is 6.04 Å². The number of nitrogens with two attached hydrogens (primary N) is 1. The number of hydrogen-bond donors (Lipinski definition) is 3. The molecule has 0 saturated carbocycles. The lowest BCUT2D eigenvalue weighted by atomic mass is 9.75. The average molecular weight is 268 g/mol. The van der Waals surface area contributed by atoms with Gasteiger partial charge in [-0.3, -0.25) is 10.1 Å². The molecule has 1 fully saturated rings. The normalized spacial score (nSPS) is 29.8. The first kappa shape index (κ1) is 16.2. The molecule has 0 aliphatic carbocycles. The van der Waals surface area contributed by atoms with Gasteiger partial charge in [-0.15, -0.1) is 0 Å². The van der Waals surface area contributed by atoms with Crippen LogP contribution in [0.2, 0.25) is 0 Å². The molecular weight excluding hydrogens is 240 g/mol. The van der Waals surface area contributed by atoms with Gasteiger partial charge in [0.25, 0.3) is 0 Å². The first-order valence-corrected chi connectivity index (χ1v) is 7.20. The number of carboxylic acids is 1. The molecule has 4 nitrogen and oxygen atoms in total. The van der Waals surface area contributed by atoms with E-state index < -0.39 is 12.0 Å². The lowest BCUT2D eigenvalue weighted by molar-refractivity contribution is -0.139. The Morgan fingerprint density at radius 3 is 2.68 bits per heavy atom. The molecule has 0 spiro atoms. The van der Waals surface area contributed by atoms with Crippen molar-refractivity contribution < 1.29 is 9.90 Å². The second kappa shape index (κ2) is 6.53. The van der Waals surface area contributed by atoms with Gasteiger partial charge in [0.05, 0.1) is 0 Å². The Hall–Kier alpha value is -0.870. The number of carboxylic acid groups (broad SMARTS) is 1. The summed E-state index contributed by atoms with van der Waals surface area (Å²) in [7, 11) is 0. The van der Waals surface area contributed by atoms with E-state index in [1.807, 2.05) is 13.0 Å². The van der Waals surface area contributed by atoms with E-state index in [0.717, 1.165) is 12.8 Å². The van der Waals surface area contributed by atoms with Gasteiger partial charge in [-0.1, -0.05) is 39.3 Å². The van der Waals surface area contributed by atoms with Crippen molar-refractivity contribution in [3.63, 3.8) is 0 Å². The van der Waals surface area contributed by atoms with Crippen LogP contribution in [0.3, 0.4) is 0 Å². The Balaban J connectivity index is 2.86. The number of rotatable bonds is 6. The van der Waals surface area contributed by atoms with Crippen LogP contribution in [-0.4, -0.2) is 29.2 Å². The standard InChI is InChI=1S/C15H28N2O2/c1-5-7-10-9-11(14(18)19)17-12(10)13(16)15(3,4)8-6-2/h5,7,10-13,17H,6,8-9,16H2,1-4H3,(H,18,19)/b7-5-/t10-,11-,12-,13-/m1/s1. The van der Waals surface area contributed by atoms with Crippen LogP contribution in [0.25, 0.3) is 0 Å². The molecule has 4 N–H and O–H groups in total. The molecule has 0 unspecified atom stereocenters. The second-order valence-corrected chi connectivity index (χ2v) is 6.27. The minimum atomic E-state index is -0.780. The zero-order valence-electron chi connectivity index (χ0n) is 12.5. The quantitative estimate of drug-likeness (QED) is 0.645. The van der Waals surface area contributed by atoms with Gasteiger partial charge < -0.3 is 10.8 Å². The van der Waals surface area contributed by atoms with E-state index >= 15 is 0 Å². The molecule has 1 aliphatic heterocycles. The van der Waals surface area contributed by atoms with Crippen molar-refractivity contribution in [3.05, 3.63) is 12.2 Å². The molecule has 110 valence electrons. The molecule has 0 aromatic carbocycles. The predicted octanol–water partition coefficient (Wildman–Crippen LogP) is 2.15. The summed E-state index contributed by atoms with van der Waals surface area (Å²) in [6.45, 7) is 8.46. The average Bonchev–Trinajstić information content (AvgIpc) is 2.72. The highest BCUT2D eigenvalue weighted by molar-refractivity contribution is 5.74. The van der Waals surface area contributed by atoms with E-state index in [-0.39, 0.29) is 23.4 Å². The van der Waals surface area contributed by atoms with Crippen LogP contribution in [0.1, 0.15) is 47.0 Å². The summed E-state index contributed by atoms with van der Waals surface area (Å²) in [5.41, 5.74) is 6.45. The molecular formula is C15H28N2O2. The fourth-order valence-electron chi connectivity index (χ4n) is 3.13. The van der Waals surface area contributed by atoms with Crippen molar-refractivity contribution in [1.82, 2.24) is 5.32 Å². The summed E-state index contributed by atoms with van der Waals surface area (Å²) in [5.74, 6) is -0.574. The zero-order chi connectivity index (χ0) is 14.6. The highest BCUT2D eigenvalue weighted by atomic mass is 16.4. The van der Waals surface area contributed by atoms with Crippen molar-refractivity contribution in [2.45, 2.75) is 65.1 Å². The molecule has 4 heteroatoms. The Morgan fingerprint density at radius 2 is 2.21 bits per heavy atom. The van der Waals surface area contributed by atoms with Crippen LogP contribution in [0.4, 0.5) is 0 Å². The molecule has 0 bridgehead atoms. The van der Waals surface area contributed by atoms with Crippen molar-refractivity contribution >= 4 is 5.97 Å². The van der Waals surface area contributed by atoms with E-state index in [4.69, 9.17) is 5.73 Å². The SMILES string of the molecule is C/C=C\[C@@H]1C[C@H](C(=O)O)N[C@H]1[C@@H](N)C(C)(C)CCC. The molecule has 0 aromatic rings. The van der Waals surface area contributed by atoms with Gasteiger partial charge >= 0.3 is 5.97 Å². The molecule has 19 heavy (non-hydrogen) atoms. The van der Waals surface area contributed by atoms with Crippen molar-refractivity contribution in [3.8, 4) is 0 Å². The fraction of sp³-hybridized carbons (Fsp3) is 0.800. The first-order valence-electron chi connectivity index (χ1n) is 7.20. The summed E-state index contributed by atoms with van der Waals surface area (Å²) in [6, 6.07) is -0.480. The molecule has 1 aliphatic rings. The Labute approximate surface area is 116 Å². The topological polar surface area (TPSA) is 75.3 Å². The van der Waals surface area contributed by atoms with Crippen LogP contribution in [0.15, 0.2) is 12.2 Å². The number of hydrogen-bond acceptors (Lipinski definition) is 3. The summed E-state index contributed by atoms with van der Waals surface area (Å²) in [5, 5.41) is 12.4. The smallest absolute Gasteiger partial charge is 0.320 e. The summed E-state index contributed by atoms with van der Waals surface area (Å²) in [6.07, 6.45) is 6.84. The third-order valence-electron chi connectivity index (χ3n) is 4.28. The maximum atomic E-state index is 11.2. The molecule has 1 rings (SSSR count). The van der Waals surface area contributed by atoms with Crippen molar-refractivity contribution in [2.75, 3.05) is 0 Å².